The molecule has 194 valence electrons. The summed E-state index contributed by atoms with van der Waals surface area (Å²) in [5.41, 5.74) is 4.45. The Morgan fingerprint density at radius 2 is 1.85 bits per heavy atom. The molecule has 6 N–H and O–H groups in total. The minimum Gasteiger partial charge on any atom is -0.756 e. The molecule has 17 nitrogen and oxygen atoms in total. The maximum Gasteiger partial charge on any atom is 0.351 e. The van der Waals surface area contributed by atoms with Crippen LogP contribution in [-0.4, -0.2) is 79.5 Å². The molecule has 10 atom stereocenters. The van der Waals surface area contributed by atoms with E-state index in [-0.39, 0.29) is 12.2 Å². The molecule has 2 saturated heterocycles. The van der Waals surface area contributed by atoms with Crippen molar-refractivity contribution >= 4 is 21.5 Å². The van der Waals surface area contributed by atoms with Crippen LogP contribution in [0, 0.1) is 0 Å². The monoisotopic (exact) mass is 531 g/mol. The summed E-state index contributed by atoms with van der Waals surface area (Å²) in [5, 5.41) is 39.6. The predicted octanol–water partition coefficient (Wildman–Crippen LogP) is -3.71. The van der Waals surface area contributed by atoms with Crippen LogP contribution >= 0.6 is 15.6 Å². The molecule has 2 aliphatic heterocycles. The Morgan fingerprint density at radius 3 is 2.50 bits per heavy atom. The lowest BCUT2D eigenvalue weighted by molar-refractivity contribution is -0.281. The number of hydrogen-bond donors (Lipinski definition) is 5. The Hall–Kier alpha value is -1.30. The summed E-state index contributed by atoms with van der Waals surface area (Å²) in [5.74, 6) is -0.111. The Labute approximate surface area is 191 Å². The molecule has 3 unspecified atom stereocenters. The first kappa shape index (κ1) is 27.3. The van der Waals surface area contributed by atoms with Gasteiger partial charge in [0, 0.05) is 12.6 Å². The van der Waals surface area contributed by atoms with Gasteiger partial charge in [-0.05, 0) is 13.0 Å². The highest BCUT2D eigenvalue weighted by atomic mass is 31.3. The predicted molar refractivity (Wildman–Crippen MR) is 103 cm³/mol. The van der Waals surface area contributed by atoms with E-state index < -0.39 is 77.1 Å². The summed E-state index contributed by atoms with van der Waals surface area (Å²) >= 11 is 0. The highest BCUT2D eigenvalue weighted by molar-refractivity contribution is 7.59. The lowest BCUT2D eigenvalue weighted by Gasteiger charge is -2.39. The molecular weight excluding hydrogens is 508 g/mol. The summed E-state index contributed by atoms with van der Waals surface area (Å²) in [7, 11) is -11.3. The van der Waals surface area contributed by atoms with Crippen molar-refractivity contribution in [2.45, 2.75) is 62.5 Å². The highest BCUT2D eigenvalue weighted by Gasteiger charge is 2.45. The van der Waals surface area contributed by atoms with Crippen LogP contribution in [0.4, 0.5) is 5.82 Å². The molecule has 2 aliphatic rings. The lowest BCUT2D eigenvalue weighted by Crippen LogP contribution is -2.47. The van der Waals surface area contributed by atoms with Crippen LogP contribution in [0.1, 0.15) is 19.6 Å². The Morgan fingerprint density at radius 1 is 1.18 bits per heavy atom. The molecule has 0 saturated carbocycles. The minimum atomic E-state index is -5.66. The number of aliphatic hydroxyl groups is 4. The van der Waals surface area contributed by atoms with Crippen LogP contribution in [0.15, 0.2) is 17.1 Å². The number of phosphoric acid groups is 2. The van der Waals surface area contributed by atoms with E-state index in [1.165, 1.54) is 13.0 Å². The molecule has 0 amide bonds. The van der Waals surface area contributed by atoms with Gasteiger partial charge < -0.3 is 49.9 Å². The molecular formula is C15H23N3O14P2-2. The summed E-state index contributed by atoms with van der Waals surface area (Å²) in [6.45, 7) is 0.354. The van der Waals surface area contributed by atoms with Crippen molar-refractivity contribution in [2.75, 3.05) is 12.3 Å². The van der Waals surface area contributed by atoms with Crippen molar-refractivity contribution in [1.82, 2.24) is 9.55 Å². The molecule has 34 heavy (non-hydrogen) atoms. The molecule has 19 heteroatoms. The second-order valence-corrected chi connectivity index (χ2v) is 10.5. The summed E-state index contributed by atoms with van der Waals surface area (Å²) in [4.78, 5) is 39.3. The number of ether oxygens (including phenoxy) is 2. The molecule has 0 aliphatic carbocycles. The normalized spacial score (nSPS) is 37.7. The van der Waals surface area contributed by atoms with E-state index in [1.54, 1.807) is 0 Å². The van der Waals surface area contributed by atoms with Gasteiger partial charge in [-0.1, -0.05) is 0 Å². The van der Waals surface area contributed by atoms with Crippen LogP contribution in [0.2, 0.25) is 0 Å². The average Bonchev–Trinajstić information content (AvgIpc) is 2.98. The van der Waals surface area contributed by atoms with Gasteiger partial charge in [-0.15, -0.1) is 0 Å². The second-order valence-electron chi connectivity index (χ2n) is 7.55. The molecule has 0 aromatic carbocycles. The lowest BCUT2D eigenvalue weighted by atomic mass is 10.0. The number of aliphatic hydroxyl groups excluding tert-OH is 4. The van der Waals surface area contributed by atoms with Gasteiger partial charge in [0.05, 0.1) is 18.8 Å². The minimum absolute atomic E-state index is 0.111. The summed E-state index contributed by atoms with van der Waals surface area (Å²) in [6, 6.07) is 1.22. The van der Waals surface area contributed by atoms with Crippen LogP contribution < -0.4 is 21.2 Å². The van der Waals surface area contributed by atoms with Gasteiger partial charge in [0.1, 0.15) is 30.2 Å². The number of nitrogens with two attached hydrogens (primary N) is 1. The van der Waals surface area contributed by atoms with Crippen molar-refractivity contribution < 1.29 is 62.2 Å². The van der Waals surface area contributed by atoms with Gasteiger partial charge >= 0.3 is 5.69 Å². The van der Waals surface area contributed by atoms with E-state index >= 15 is 0 Å². The van der Waals surface area contributed by atoms with E-state index in [4.69, 9.17) is 15.2 Å². The molecule has 1 aromatic heterocycles. The van der Waals surface area contributed by atoms with Gasteiger partial charge in [-0.3, -0.25) is 18.2 Å². The number of anilines is 1. The molecule has 0 radical (unpaired) electrons. The van der Waals surface area contributed by atoms with Gasteiger partial charge in [0.25, 0.3) is 15.6 Å². The van der Waals surface area contributed by atoms with E-state index in [0.717, 1.165) is 10.8 Å². The van der Waals surface area contributed by atoms with E-state index in [1.807, 2.05) is 0 Å². The second kappa shape index (κ2) is 10.4. The summed E-state index contributed by atoms with van der Waals surface area (Å²) < 4.78 is 47.7. The molecule has 1 aromatic rings. The fourth-order valence-corrected chi connectivity index (χ4v) is 5.31. The van der Waals surface area contributed by atoms with Gasteiger partial charge in [0.2, 0.25) is 0 Å². The molecule has 3 rings (SSSR count). The smallest absolute Gasteiger partial charge is 0.351 e. The third kappa shape index (κ3) is 6.47. The first-order valence-electron chi connectivity index (χ1n) is 9.73. The van der Waals surface area contributed by atoms with Crippen LogP contribution in [0.5, 0.6) is 0 Å². The van der Waals surface area contributed by atoms with E-state index in [0.29, 0.717) is 0 Å². The Balaban J connectivity index is 1.59. The Kier molecular flexibility index (Phi) is 8.32. The first-order valence-corrected chi connectivity index (χ1v) is 12.7. The fraction of sp³-hybridized carbons (Fsp3) is 0.733. The zero-order valence-corrected chi connectivity index (χ0v) is 19.2. The van der Waals surface area contributed by atoms with Gasteiger partial charge in [-0.2, -0.15) is 4.98 Å². The van der Waals surface area contributed by atoms with Crippen molar-refractivity contribution in [3.63, 3.8) is 0 Å². The van der Waals surface area contributed by atoms with Crippen LogP contribution in [0.3, 0.4) is 0 Å². The fourth-order valence-electron chi connectivity index (χ4n) is 3.21. The molecule has 2 fully saturated rings. The topological polar surface area (TPSA) is 268 Å². The maximum absolute atomic E-state index is 12.0. The van der Waals surface area contributed by atoms with Crippen LogP contribution in [0.25, 0.3) is 0 Å². The molecule has 3 heterocycles. The number of hydrogen-bond acceptors (Lipinski definition) is 16. The van der Waals surface area contributed by atoms with Crippen LogP contribution in [-0.2, 0) is 32.0 Å². The number of rotatable bonds is 8. The van der Waals surface area contributed by atoms with Gasteiger partial charge in [-0.25, -0.2) is 9.11 Å². The number of phosphoric ester groups is 2. The third-order valence-electron chi connectivity index (χ3n) is 4.98. The van der Waals surface area contributed by atoms with Gasteiger partial charge in [0.15, 0.2) is 12.5 Å². The van der Waals surface area contributed by atoms with E-state index in [2.05, 4.69) is 18.3 Å². The largest absolute Gasteiger partial charge is 0.756 e. The molecule has 0 spiro atoms. The van der Waals surface area contributed by atoms with Crippen molar-refractivity contribution in [2.24, 2.45) is 0 Å². The van der Waals surface area contributed by atoms with Crippen molar-refractivity contribution in [1.29, 1.82) is 0 Å². The number of nitrogen functional groups attached to an aromatic ring is 1. The van der Waals surface area contributed by atoms with Crippen molar-refractivity contribution in [3.8, 4) is 0 Å². The Bertz CT molecular complexity index is 1020. The molecule has 0 bridgehead atoms. The van der Waals surface area contributed by atoms with E-state index in [9.17, 15) is 44.1 Å². The first-order chi connectivity index (χ1) is 15.7. The number of aromatic nitrogens is 2. The van der Waals surface area contributed by atoms with Crippen molar-refractivity contribution in [3.05, 3.63) is 22.7 Å². The standard InChI is InChI=1S/C15H25N3O14P2/c1-6-7(19)4-8(20)14(29-6)31-34(26,27)32-33(24,25)28-5-9-11(21)12(22)13(30-9)18-3-2-10(16)17-15(18)23/h2-3,6-9,11-14,19-22H,4-5H2,1H3,(H,24,25)(H,26,27)(H2,16,17,23)/p-2/t6-,7-,8-,9-,11-,12-,13-,14?/m1/s1. The number of nitrogens with zero attached hydrogens (tertiary/aromatic N) is 2. The summed E-state index contributed by atoms with van der Waals surface area (Å²) in [6.07, 6.45) is -11.1. The maximum atomic E-state index is 12.0. The third-order valence-corrected chi connectivity index (χ3v) is 7.51. The quantitative estimate of drug-likeness (QED) is 0.202. The highest BCUT2D eigenvalue weighted by Crippen LogP contribution is 2.57. The zero-order chi connectivity index (χ0) is 25.4. The SMILES string of the molecule is C[C@H]1OC(OP(=O)([O-])OP(=O)([O-])OC[C@H]2O[C@@H](n3ccc(N)nc3=O)[C@H](O)[C@@H]2O)[C@H](O)C[C@H]1O. The zero-order valence-electron chi connectivity index (χ0n) is 17.4. The average molecular weight is 531 g/mol.